The van der Waals surface area contributed by atoms with Gasteiger partial charge in [0.2, 0.25) is 5.91 Å². The molecule has 0 bridgehead atoms. The third-order valence-electron chi connectivity index (χ3n) is 6.78. The summed E-state index contributed by atoms with van der Waals surface area (Å²) in [6.45, 7) is 5.96. The number of likely N-dealkylation sites (tertiary alicyclic amines) is 1. The number of amides is 1. The third-order valence-corrected chi connectivity index (χ3v) is 6.78. The van der Waals surface area contributed by atoms with Crippen LogP contribution in [0.15, 0.2) is 59.6 Å². The zero-order valence-electron chi connectivity index (χ0n) is 19.8. The van der Waals surface area contributed by atoms with E-state index < -0.39 is 0 Å². The zero-order valence-corrected chi connectivity index (χ0v) is 19.8. The van der Waals surface area contributed by atoms with E-state index in [1.165, 1.54) is 11.1 Å². The summed E-state index contributed by atoms with van der Waals surface area (Å²) in [5.41, 5.74) is 2.60. The first-order valence-corrected chi connectivity index (χ1v) is 12.1. The lowest BCUT2D eigenvalue weighted by Gasteiger charge is -2.19. The van der Waals surface area contributed by atoms with Gasteiger partial charge in [-0.25, -0.2) is 0 Å². The first-order chi connectivity index (χ1) is 16.1. The van der Waals surface area contributed by atoms with Gasteiger partial charge in [0.1, 0.15) is 5.75 Å². The summed E-state index contributed by atoms with van der Waals surface area (Å²) >= 11 is 0. The molecule has 1 saturated carbocycles. The summed E-state index contributed by atoms with van der Waals surface area (Å²) in [5, 5.41) is 6.85. The highest BCUT2D eigenvalue weighted by Gasteiger charge is 2.46. The number of para-hydroxylation sites is 1. The number of carbonyl (C=O) groups excluding carboxylic acids is 1. The van der Waals surface area contributed by atoms with Crippen LogP contribution in [0.25, 0.3) is 0 Å². The summed E-state index contributed by atoms with van der Waals surface area (Å²) in [4.78, 5) is 19.4. The van der Waals surface area contributed by atoms with Crippen LogP contribution in [0.3, 0.4) is 0 Å². The number of aliphatic imine (C=N–C) groups is 1. The number of benzene rings is 2. The largest absolute Gasteiger partial charge is 0.496 e. The molecule has 1 aliphatic heterocycles. The summed E-state index contributed by atoms with van der Waals surface area (Å²) < 4.78 is 5.59. The van der Waals surface area contributed by atoms with Crippen molar-refractivity contribution in [2.75, 3.05) is 39.8 Å². The van der Waals surface area contributed by atoms with E-state index >= 15 is 0 Å². The molecule has 6 nitrogen and oxygen atoms in total. The van der Waals surface area contributed by atoms with E-state index in [4.69, 9.17) is 9.73 Å². The Balaban J connectivity index is 1.30. The smallest absolute Gasteiger partial charge is 0.223 e. The van der Waals surface area contributed by atoms with E-state index in [0.717, 1.165) is 63.7 Å². The fourth-order valence-corrected chi connectivity index (χ4v) is 4.67. The number of rotatable bonds is 10. The van der Waals surface area contributed by atoms with E-state index in [-0.39, 0.29) is 11.3 Å². The molecule has 1 aliphatic carbocycles. The Labute approximate surface area is 197 Å². The molecular weight excluding hydrogens is 412 g/mol. The molecule has 2 aromatic rings. The molecule has 2 N–H and O–H groups in total. The molecular formula is C27H36N4O2. The van der Waals surface area contributed by atoms with E-state index in [9.17, 15) is 4.79 Å². The third kappa shape index (κ3) is 5.86. The van der Waals surface area contributed by atoms with Gasteiger partial charge < -0.3 is 20.3 Å². The number of hydrogen-bond acceptors (Lipinski definition) is 3. The van der Waals surface area contributed by atoms with Crippen LogP contribution in [0.4, 0.5) is 0 Å². The molecule has 1 unspecified atom stereocenters. The number of ether oxygens (including phenoxy) is 1. The number of nitrogens with one attached hydrogen (secondary N) is 2. The van der Waals surface area contributed by atoms with Crippen LogP contribution in [0.1, 0.15) is 37.3 Å². The molecule has 4 rings (SSSR count). The van der Waals surface area contributed by atoms with Crippen LogP contribution < -0.4 is 15.4 Å². The molecule has 6 heteroatoms. The quantitative estimate of drug-likeness (QED) is 0.432. The van der Waals surface area contributed by atoms with Gasteiger partial charge in [-0.05, 0) is 37.8 Å². The normalized spacial score (nSPS) is 19.5. The Bertz CT molecular complexity index is 956. The second kappa shape index (κ2) is 10.7. The molecule has 0 spiro atoms. The van der Waals surface area contributed by atoms with Gasteiger partial charge in [0.25, 0.3) is 0 Å². The standard InChI is InChI=1S/C27H36N4O2/c1-3-28-26(30-20-27(14-15-27)23-11-7-8-12-24(23)33-2)29-18-22-17-25(32)31(19-22)16-13-21-9-5-4-6-10-21/h4-12,22H,3,13-20H2,1-2H3,(H2,28,29,30). The van der Waals surface area contributed by atoms with Crippen molar-refractivity contribution in [3.63, 3.8) is 0 Å². The van der Waals surface area contributed by atoms with Gasteiger partial charge in [-0.1, -0.05) is 48.5 Å². The van der Waals surface area contributed by atoms with Crippen LogP contribution in [-0.4, -0.2) is 56.6 Å². The van der Waals surface area contributed by atoms with E-state index in [2.05, 4.69) is 54.0 Å². The first-order valence-electron chi connectivity index (χ1n) is 12.1. The predicted octanol–water partition coefficient (Wildman–Crippen LogP) is 3.37. The van der Waals surface area contributed by atoms with Crippen molar-refractivity contribution in [2.45, 2.75) is 38.0 Å². The van der Waals surface area contributed by atoms with Gasteiger partial charge in [0.15, 0.2) is 5.96 Å². The second-order valence-electron chi connectivity index (χ2n) is 9.20. The van der Waals surface area contributed by atoms with Crippen molar-refractivity contribution >= 4 is 11.9 Å². The summed E-state index contributed by atoms with van der Waals surface area (Å²) in [6.07, 6.45) is 3.77. The first kappa shape index (κ1) is 23.1. The maximum Gasteiger partial charge on any atom is 0.223 e. The van der Waals surface area contributed by atoms with Crippen molar-refractivity contribution < 1.29 is 9.53 Å². The maximum atomic E-state index is 12.5. The van der Waals surface area contributed by atoms with Crippen molar-refractivity contribution in [3.05, 3.63) is 65.7 Å². The summed E-state index contributed by atoms with van der Waals surface area (Å²) in [6, 6.07) is 18.7. The average molecular weight is 449 g/mol. The van der Waals surface area contributed by atoms with Crippen molar-refractivity contribution in [1.29, 1.82) is 0 Å². The highest BCUT2D eigenvalue weighted by molar-refractivity contribution is 5.81. The maximum absolute atomic E-state index is 12.5. The minimum Gasteiger partial charge on any atom is -0.496 e. The van der Waals surface area contributed by atoms with Gasteiger partial charge in [0, 0.05) is 49.5 Å². The van der Waals surface area contributed by atoms with E-state index in [1.54, 1.807) is 7.11 Å². The van der Waals surface area contributed by atoms with Gasteiger partial charge >= 0.3 is 0 Å². The molecule has 0 radical (unpaired) electrons. The Kier molecular flexibility index (Phi) is 7.53. The predicted molar refractivity (Wildman–Crippen MR) is 133 cm³/mol. The topological polar surface area (TPSA) is 66.0 Å². The van der Waals surface area contributed by atoms with Crippen molar-refractivity contribution in [1.82, 2.24) is 15.5 Å². The SMILES string of the molecule is CCNC(=NCC1(c2ccccc2OC)CC1)NCC1CC(=O)N(CCc2ccccc2)C1. The Morgan fingerprint density at radius 3 is 2.61 bits per heavy atom. The van der Waals surface area contributed by atoms with Gasteiger partial charge in [-0.3, -0.25) is 9.79 Å². The lowest BCUT2D eigenvalue weighted by Crippen LogP contribution is -2.41. The molecule has 33 heavy (non-hydrogen) atoms. The van der Waals surface area contributed by atoms with Crippen molar-refractivity contribution in [2.24, 2.45) is 10.9 Å². The molecule has 0 aromatic heterocycles. The number of guanidine groups is 1. The fraction of sp³-hybridized carbons (Fsp3) is 0.481. The monoisotopic (exact) mass is 448 g/mol. The van der Waals surface area contributed by atoms with Crippen molar-refractivity contribution in [3.8, 4) is 5.75 Å². The average Bonchev–Trinajstić information content (AvgIpc) is 3.56. The number of methoxy groups -OCH3 is 1. The van der Waals surface area contributed by atoms with Gasteiger partial charge in [-0.2, -0.15) is 0 Å². The highest BCUT2D eigenvalue weighted by Crippen LogP contribution is 2.51. The summed E-state index contributed by atoms with van der Waals surface area (Å²) in [7, 11) is 1.73. The minimum absolute atomic E-state index is 0.0759. The molecule has 2 aliphatic rings. The Hall–Kier alpha value is -3.02. The molecule has 2 fully saturated rings. The van der Waals surface area contributed by atoms with Crippen LogP contribution in [-0.2, 0) is 16.6 Å². The van der Waals surface area contributed by atoms with Gasteiger partial charge in [-0.15, -0.1) is 0 Å². The van der Waals surface area contributed by atoms with E-state index in [1.807, 2.05) is 23.1 Å². The molecule has 1 amide bonds. The molecule has 2 aromatic carbocycles. The Morgan fingerprint density at radius 2 is 1.88 bits per heavy atom. The number of carbonyl (C=O) groups is 1. The van der Waals surface area contributed by atoms with Crippen LogP contribution >= 0.6 is 0 Å². The zero-order chi connectivity index (χ0) is 23.1. The molecule has 176 valence electrons. The van der Waals surface area contributed by atoms with E-state index in [0.29, 0.717) is 12.3 Å². The number of hydrogen-bond donors (Lipinski definition) is 2. The lowest BCUT2D eigenvalue weighted by molar-refractivity contribution is -0.127. The highest BCUT2D eigenvalue weighted by atomic mass is 16.5. The number of nitrogens with zero attached hydrogens (tertiary/aromatic N) is 2. The second-order valence-corrected chi connectivity index (χ2v) is 9.20. The lowest BCUT2D eigenvalue weighted by atomic mass is 9.95. The molecule has 1 heterocycles. The molecule has 1 atom stereocenters. The molecule has 1 saturated heterocycles. The fourth-order valence-electron chi connectivity index (χ4n) is 4.67. The van der Waals surface area contributed by atoms with Gasteiger partial charge in [0.05, 0.1) is 13.7 Å². The minimum atomic E-state index is 0.0759. The summed E-state index contributed by atoms with van der Waals surface area (Å²) in [5.74, 6) is 2.34. The Morgan fingerprint density at radius 1 is 1.12 bits per heavy atom. The van der Waals surface area contributed by atoms with Crippen LogP contribution in [0.5, 0.6) is 5.75 Å². The van der Waals surface area contributed by atoms with Crippen LogP contribution in [0, 0.1) is 5.92 Å². The van der Waals surface area contributed by atoms with Crippen LogP contribution in [0.2, 0.25) is 0 Å².